The number of hydrogen-bond acceptors (Lipinski definition) is 8. The van der Waals surface area contributed by atoms with Crippen molar-refractivity contribution in [2.75, 3.05) is 20.8 Å². The standard InChI is InChI=1S/C19H28N2O7/c1-7-12(8-2)21-13(22)9-28-19(25)16-14(17(23)26-5)10(3)20-11(4)15(16)18(24)27-6/h12,14,16H,7-9H2,1-6H3,(H,21,22)/t14?,16-/m0/s1. The van der Waals surface area contributed by atoms with E-state index in [9.17, 15) is 19.2 Å². The van der Waals surface area contributed by atoms with E-state index in [-0.39, 0.29) is 17.3 Å². The van der Waals surface area contributed by atoms with Gasteiger partial charge < -0.3 is 19.5 Å². The Kier molecular flexibility index (Phi) is 8.81. The van der Waals surface area contributed by atoms with Crippen LogP contribution in [0.2, 0.25) is 0 Å². The number of aliphatic imine (C=N–C) groups is 1. The van der Waals surface area contributed by atoms with Crippen molar-refractivity contribution in [2.45, 2.75) is 46.6 Å². The van der Waals surface area contributed by atoms with Crippen molar-refractivity contribution in [3.05, 3.63) is 11.3 Å². The summed E-state index contributed by atoms with van der Waals surface area (Å²) in [4.78, 5) is 53.5. The molecule has 2 atom stereocenters. The quantitative estimate of drug-likeness (QED) is 0.483. The molecule has 1 N–H and O–H groups in total. The van der Waals surface area contributed by atoms with Crippen molar-refractivity contribution in [2.24, 2.45) is 16.8 Å². The molecular weight excluding hydrogens is 368 g/mol. The predicted molar refractivity (Wildman–Crippen MR) is 100 cm³/mol. The van der Waals surface area contributed by atoms with Gasteiger partial charge in [0.1, 0.15) is 11.8 Å². The molecule has 0 radical (unpaired) electrons. The van der Waals surface area contributed by atoms with Gasteiger partial charge in [-0.2, -0.15) is 0 Å². The highest BCUT2D eigenvalue weighted by molar-refractivity contribution is 6.10. The van der Waals surface area contributed by atoms with Gasteiger partial charge in [0.15, 0.2) is 6.61 Å². The second-order valence-corrected chi connectivity index (χ2v) is 6.41. The van der Waals surface area contributed by atoms with Crippen molar-refractivity contribution in [3.8, 4) is 0 Å². The van der Waals surface area contributed by atoms with Crippen LogP contribution >= 0.6 is 0 Å². The molecule has 0 saturated heterocycles. The summed E-state index contributed by atoms with van der Waals surface area (Å²) in [5.41, 5.74) is 0.460. The van der Waals surface area contributed by atoms with Gasteiger partial charge in [0.25, 0.3) is 5.91 Å². The number of carbonyl (C=O) groups excluding carboxylic acids is 4. The minimum Gasteiger partial charge on any atom is -0.468 e. The average Bonchev–Trinajstić information content (AvgIpc) is 2.68. The number of ether oxygens (including phenoxy) is 3. The molecule has 0 bridgehead atoms. The van der Waals surface area contributed by atoms with Crippen LogP contribution in [-0.4, -0.2) is 56.4 Å². The minimum atomic E-state index is -1.31. The number of nitrogens with zero attached hydrogens (tertiary/aromatic N) is 1. The molecule has 0 aliphatic carbocycles. The van der Waals surface area contributed by atoms with E-state index in [0.717, 1.165) is 20.0 Å². The van der Waals surface area contributed by atoms with Crippen LogP contribution in [0.4, 0.5) is 0 Å². The number of amides is 1. The zero-order valence-electron chi connectivity index (χ0n) is 17.2. The largest absolute Gasteiger partial charge is 0.468 e. The summed E-state index contributed by atoms with van der Waals surface area (Å²) in [5.74, 6) is -5.34. The average molecular weight is 396 g/mol. The van der Waals surface area contributed by atoms with Crippen LogP contribution in [0.15, 0.2) is 16.3 Å². The van der Waals surface area contributed by atoms with Crippen LogP contribution in [0.5, 0.6) is 0 Å². The van der Waals surface area contributed by atoms with E-state index in [1.807, 2.05) is 13.8 Å². The summed E-state index contributed by atoms with van der Waals surface area (Å²) >= 11 is 0. The van der Waals surface area contributed by atoms with E-state index < -0.39 is 42.3 Å². The summed E-state index contributed by atoms with van der Waals surface area (Å²) in [6, 6.07) is -0.0224. The molecule has 0 aromatic heterocycles. The first-order chi connectivity index (χ1) is 13.2. The van der Waals surface area contributed by atoms with Crippen LogP contribution < -0.4 is 5.32 Å². The molecule has 1 aliphatic heterocycles. The van der Waals surface area contributed by atoms with Crippen molar-refractivity contribution in [3.63, 3.8) is 0 Å². The molecule has 156 valence electrons. The molecule has 0 aromatic carbocycles. The number of hydrogen-bond donors (Lipinski definition) is 1. The first-order valence-corrected chi connectivity index (χ1v) is 9.09. The van der Waals surface area contributed by atoms with Crippen LogP contribution in [0.1, 0.15) is 40.5 Å². The van der Waals surface area contributed by atoms with Crippen LogP contribution in [0, 0.1) is 11.8 Å². The number of carbonyl (C=O) groups is 4. The molecule has 0 aromatic rings. The normalized spacial score (nSPS) is 19.0. The predicted octanol–water partition coefficient (Wildman–Crippen LogP) is 1.16. The zero-order valence-corrected chi connectivity index (χ0v) is 17.2. The van der Waals surface area contributed by atoms with Crippen molar-refractivity contribution in [1.29, 1.82) is 0 Å². The smallest absolute Gasteiger partial charge is 0.336 e. The maximum atomic E-state index is 12.8. The van der Waals surface area contributed by atoms with E-state index in [2.05, 4.69) is 10.3 Å². The lowest BCUT2D eigenvalue weighted by Crippen LogP contribution is -2.43. The Morgan fingerprint density at radius 2 is 1.61 bits per heavy atom. The van der Waals surface area contributed by atoms with Gasteiger partial charge in [0.05, 0.1) is 19.8 Å². The fraction of sp³-hybridized carbons (Fsp3) is 0.632. The van der Waals surface area contributed by atoms with Gasteiger partial charge >= 0.3 is 17.9 Å². The first-order valence-electron chi connectivity index (χ1n) is 9.09. The number of allylic oxidation sites excluding steroid dienone is 1. The van der Waals surface area contributed by atoms with Crippen LogP contribution in [-0.2, 0) is 33.4 Å². The SMILES string of the molecule is CCC(CC)NC(=O)COC(=O)[C@@H]1C(C(=O)OC)=C(C)N=C(C)C1C(=O)OC. The monoisotopic (exact) mass is 396 g/mol. The molecule has 1 heterocycles. The Hall–Kier alpha value is -2.71. The van der Waals surface area contributed by atoms with Crippen LogP contribution in [0.25, 0.3) is 0 Å². The molecule has 9 nitrogen and oxygen atoms in total. The van der Waals surface area contributed by atoms with E-state index in [4.69, 9.17) is 14.2 Å². The Balaban J connectivity index is 3.10. The fourth-order valence-electron chi connectivity index (χ4n) is 3.09. The number of methoxy groups -OCH3 is 2. The van der Waals surface area contributed by atoms with Gasteiger partial charge in [0.2, 0.25) is 0 Å². The van der Waals surface area contributed by atoms with E-state index in [1.165, 1.54) is 14.0 Å². The molecule has 0 fully saturated rings. The van der Waals surface area contributed by atoms with Crippen molar-refractivity contribution >= 4 is 29.5 Å². The minimum absolute atomic E-state index is 0.0224. The molecular formula is C19H28N2O7. The second-order valence-electron chi connectivity index (χ2n) is 6.41. The lowest BCUT2D eigenvalue weighted by atomic mass is 9.80. The summed E-state index contributed by atoms with van der Waals surface area (Å²) in [6.45, 7) is 6.43. The Morgan fingerprint density at radius 1 is 1.00 bits per heavy atom. The van der Waals surface area contributed by atoms with Gasteiger partial charge in [-0.3, -0.25) is 19.4 Å². The van der Waals surface area contributed by atoms with Gasteiger partial charge in [-0.15, -0.1) is 0 Å². The summed E-state index contributed by atoms with van der Waals surface area (Å²) in [7, 11) is 2.33. The molecule has 1 amide bonds. The molecule has 28 heavy (non-hydrogen) atoms. The fourth-order valence-corrected chi connectivity index (χ4v) is 3.09. The van der Waals surface area contributed by atoms with Gasteiger partial charge in [-0.25, -0.2) is 4.79 Å². The van der Waals surface area contributed by atoms with Gasteiger partial charge in [-0.1, -0.05) is 13.8 Å². The third kappa shape index (κ3) is 5.40. The molecule has 1 rings (SSSR count). The topological polar surface area (TPSA) is 120 Å². The highest BCUT2D eigenvalue weighted by Gasteiger charge is 2.46. The third-order valence-corrected chi connectivity index (χ3v) is 4.64. The summed E-state index contributed by atoms with van der Waals surface area (Å²) in [6.07, 6.45) is 1.49. The Morgan fingerprint density at radius 3 is 2.11 bits per heavy atom. The summed E-state index contributed by atoms with van der Waals surface area (Å²) < 4.78 is 14.6. The lowest BCUT2D eigenvalue weighted by molar-refractivity contribution is -0.158. The highest BCUT2D eigenvalue weighted by atomic mass is 16.5. The van der Waals surface area contributed by atoms with Gasteiger partial charge in [-0.05, 0) is 26.7 Å². The van der Waals surface area contributed by atoms with E-state index >= 15 is 0 Å². The van der Waals surface area contributed by atoms with Crippen molar-refractivity contribution in [1.82, 2.24) is 5.32 Å². The van der Waals surface area contributed by atoms with Crippen LogP contribution in [0.3, 0.4) is 0 Å². The number of nitrogens with one attached hydrogen (secondary N) is 1. The molecule has 1 aliphatic rings. The third-order valence-electron chi connectivity index (χ3n) is 4.64. The molecule has 0 saturated carbocycles. The maximum absolute atomic E-state index is 12.8. The Bertz CT molecular complexity index is 692. The van der Waals surface area contributed by atoms with E-state index in [1.54, 1.807) is 6.92 Å². The zero-order chi connectivity index (χ0) is 21.4. The number of esters is 3. The first kappa shape index (κ1) is 23.3. The van der Waals surface area contributed by atoms with Crippen molar-refractivity contribution < 1.29 is 33.4 Å². The Labute approximate surface area is 164 Å². The second kappa shape index (κ2) is 10.6. The molecule has 9 heteroatoms. The van der Waals surface area contributed by atoms with Gasteiger partial charge in [0, 0.05) is 17.5 Å². The number of rotatable bonds is 8. The molecule has 1 unspecified atom stereocenters. The lowest BCUT2D eigenvalue weighted by Gasteiger charge is -2.29. The molecule has 0 spiro atoms. The summed E-state index contributed by atoms with van der Waals surface area (Å²) in [5, 5.41) is 2.75. The highest BCUT2D eigenvalue weighted by Crippen LogP contribution is 2.33. The van der Waals surface area contributed by atoms with E-state index in [0.29, 0.717) is 5.71 Å². The maximum Gasteiger partial charge on any atom is 0.336 e.